The lowest BCUT2D eigenvalue weighted by Gasteiger charge is -2.09. The van der Waals surface area contributed by atoms with Crippen LogP contribution >= 0.6 is 0 Å². The van der Waals surface area contributed by atoms with E-state index in [1.165, 1.54) is 49.1 Å². The lowest BCUT2D eigenvalue weighted by atomic mass is 10.1. The number of sulfonamides is 1. The van der Waals surface area contributed by atoms with E-state index in [4.69, 9.17) is 4.42 Å². The first-order valence-electron chi connectivity index (χ1n) is 8.74. The zero-order valence-electron chi connectivity index (χ0n) is 16.2. The van der Waals surface area contributed by atoms with E-state index in [-0.39, 0.29) is 29.4 Å². The van der Waals surface area contributed by atoms with Crippen LogP contribution in [0.25, 0.3) is 11.1 Å². The average Bonchev–Trinajstić information content (AvgIpc) is 3.00. The van der Waals surface area contributed by atoms with E-state index in [0.29, 0.717) is 16.8 Å². The molecule has 0 spiro atoms. The van der Waals surface area contributed by atoms with Crippen molar-refractivity contribution in [3.05, 3.63) is 58.6 Å². The highest BCUT2D eigenvalue weighted by molar-refractivity contribution is 7.92. The van der Waals surface area contributed by atoms with Gasteiger partial charge < -0.3 is 14.5 Å². The Morgan fingerprint density at radius 1 is 1.13 bits per heavy atom. The molecular weight excluding hydrogens is 414 g/mol. The van der Waals surface area contributed by atoms with Crippen LogP contribution < -0.4 is 15.8 Å². The zero-order chi connectivity index (χ0) is 21.9. The van der Waals surface area contributed by atoms with Crippen molar-refractivity contribution in [3.63, 3.8) is 0 Å². The lowest BCUT2D eigenvalue weighted by Crippen LogP contribution is -2.31. The molecule has 0 bridgehead atoms. The number of carbonyl (C=O) groups excluding carboxylic acids is 2. The van der Waals surface area contributed by atoms with Crippen LogP contribution in [-0.4, -0.2) is 38.5 Å². The number of nitrogens with one attached hydrogen (secondary N) is 2. The quantitative estimate of drug-likeness (QED) is 0.525. The minimum Gasteiger partial charge on any atom is -0.468 e. The summed E-state index contributed by atoms with van der Waals surface area (Å²) in [4.78, 5) is 34.3. The van der Waals surface area contributed by atoms with Gasteiger partial charge in [0, 0.05) is 18.8 Å². The van der Waals surface area contributed by atoms with Crippen molar-refractivity contribution in [2.45, 2.75) is 11.3 Å². The molecule has 0 atom stereocenters. The van der Waals surface area contributed by atoms with E-state index in [1.54, 1.807) is 12.1 Å². The van der Waals surface area contributed by atoms with Gasteiger partial charge in [0.25, 0.3) is 10.0 Å². The molecular formula is C19H19N3O7S. The molecule has 0 saturated heterocycles. The van der Waals surface area contributed by atoms with Crippen LogP contribution in [0.3, 0.4) is 0 Å². The van der Waals surface area contributed by atoms with Crippen LogP contribution in [0, 0.1) is 0 Å². The molecule has 0 unspecified atom stereocenters. The van der Waals surface area contributed by atoms with Gasteiger partial charge in [-0.1, -0.05) is 12.1 Å². The second-order valence-corrected chi connectivity index (χ2v) is 8.07. The van der Waals surface area contributed by atoms with E-state index in [2.05, 4.69) is 14.8 Å². The van der Waals surface area contributed by atoms with E-state index < -0.39 is 21.7 Å². The van der Waals surface area contributed by atoms with E-state index in [1.807, 2.05) is 0 Å². The molecule has 2 aromatic carbocycles. The number of hydrogen-bond acceptors (Lipinski definition) is 7. The summed E-state index contributed by atoms with van der Waals surface area (Å²) in [5.74, 6) is -1.51. The Labute approximate surface area is 171 Å². The number of methoxy groups -OCH3 is 1. The highest BCUT2D eigenvalue weighted by Crippen LogP contribution is 2.21. The fourth-order valence-electron chi connectivity index (χ4n) is 2.68. The molecule has 0 aliphatic rings. The summed E-state index contributed by atoms with van der Waals surface area (Å²) in [6.07, 6.45) is 0.0216. The minimum absolute atomic E-state index is 0.0216. The summed E-state index contributed by atoms with van der Waals surface area (Å²) in [5.41, 5.74) is 1.57. The second kappa shape index (κ2) is 8.41. The topological polar surface area (TPSA) is 137 Å². The zero-order valence-corrected chi connectivity index (χ0v) is 17.0. The van der Waals surface area contributed by atoms with Crippen LogP contribution in [0.4, 0.5) is 5.69 Å². The van der Waals surface area contributed by atoms with Crippen LogP contribution in [0.5, 0.6) is 0 Å². The van der Waals surface area contributed by atoms with Gasteiger partial charge in [-0.25, -0.2) is 13.2 Å². The maximum absolute atomic E-state index is 12.6. The third-order valence-corrected chi connectivity index (χ3v) is 5.68. The fraction of sp³-hybridized carbons (Fsp3) is 0.211. The normalized spacial score (nSPS) is 11.3. The van der Waals surface area contributed by atoms with Gasteiger partial charge >= 0.3 is 11.7 Å². The van der Waals surface area contributed by atoms with Gasteiger partial charge in [-0.15, -0.1) is 0 Å². The Kier molecular flexibility index (Phi) is 5.92. The molecule has 0 aliphatic heterocycles. The first-order chi connectivity index (χ1) is 14.2. The summed E-state index contributed by atoms with van der Waals surface area (Å²) in [7, 11) is -1.17. The number of oxazole rings is 1. The monoisotopic (exact) mass is 433 g/mol. The Hall–Kier alpha value is -3.60. The highest BCUT2D eigenvalue weighted by atomic mass is 32.2. The average molecular weight is 433 g/mol. The molecule has 1 heterocycles. The molecule has 3 rings (SSSR count). The van der Waals surface area contributed by atoms with E-state index in [0.717, 1.165) is 0 Å². The SMILES string of the molecule is COC(=O)CNC(=O)Cc1ccc(NS(=O)(=O)c2ccc3c(c2)oc(=O)n3C)cc1. The third kappa shape index (κ3) is 4.69. The summed E-state index contributed by atoms with van der Waals surface area (Å²) >= 11 is 0. The fourth-order valence-corrected chi connectivity index (χ4v) is 3.75. The molecule has 1 amide bonds. The van der Waals surface area contributed by atoms with E-state index >= 15 is 0 Å². The van der Waals surface area contributed by atoms with Crippen LogP contribution in [0.2, 0.25) is 0 Å². The Morgan fingerprint density at radius 3 is 2.50 bits per heavy atom. The molecule has 3 aromatic rings. The molecule has 0 radical (unpaired) electrons. The standard InChI is InChI=1S/C19H19N3O7S/c1-22-15-8-7-14(10-16(15)29-19(22)25)30(26,27)21-13-5-3-12(4-6-13)9-17(23)20-11-18(24)28-2/h3-8,10,21H,9,11H2,1-2H3,(H,20,23). The Bertz CT molecular complexity index is 1260. The number of ether oxygens (including phenoxy) is 1. The number of hydrogen-bond donors (Lipinski definition) is 2. The van der Waals surface area contributed by atoms with Crippen LogP contribution in [0.15, 0.2) is 56.6 Å². The number of aryl methyl sites for hydroxylation is 1. The predicted octanol–water partition coefficient (Wildman–Crippen LogP) is 0.764. The predicted molar refractivity (Wildman–Crippen MR) is 107 cm³/mol. The van der Waals surface area contributed by atoms with Gasteiger partial charge in [0.15, 0.2) is 5.58 Å². The number of aromatic nitrogens is 1. The van der Waals surface area contributed by atoms with Crippen molar-refractivity contribution in [2.75, 3.05) is 18.4 Å². The first-order valence-corrected chi connectivity index (χ1v) is 10.2. The number of anilines is 1. The molecule has 158 valence electrons. The second-order valence-electron chi connectivity index (χ2n) is 6.39. The van der Waals surface area contributed by atoms with Crippen molar-refractivity contribution in [1.82, 2.24) is 9.88 Å². The number of fused-ring (bicyclic) bond motifs is 1. The number of amides is 1. The summed E-state index contributed by atoms with van der Waals surface area (Å²) in [6, 6.07) is 10.4. The summed E-state index contributed by atoms with van der Waals surface area (Å²) < 4.78 is 38.4. The molecule has 0 fully saturated rings. The Morgan fingerprint density at radius 2 is 1.83 bits per heavy atom. The largest absolute Gasteiger partial charge is 0.468 e. The molecule has 1 aromatic heterocycles. The highest BCUT2D eigenvalue weighted by Gasteiger charge is 2.17. The van der Waals surface area contributed by atoms with Crippen molar-refractivity contribution < 1.29 is 27.2 Å². The lowest BCUT2D eigenvalue weighted by molar-refractivity contribution is -0.141. The maximum Gasteiger partial charge on any atom is 0.419 e. The van der Waals surface area contributed by atoms with Gasteiger partial charge in [0.05, 0.1) is 23.9 Å². The van der Waals surface area contributed by atoms with Crippen molar-refractivity contribution in [3.8, 4) is 0 Å². The van der Waals surface area contributed by atoms with Gasteiger partial charge in [0.2, 0.25) is 5.91 Å². The van der Waals surface area contributed by atoms with Crippen molar-refractivity contribution >= 4 is 38.7 Å². The van der Waals surface area contributed by atoms with Gasteiger partial charge in [0.1, 0.15) is 6.54 Å². The summed E-state index contributed by atoms with van der Waals surface area (Å²) in [5, 5.41) is 2.42. The minimum atomic E-state index is -3.92. The van der Waals surface area contributed by atoms with Gasteiger partial charge in [-0.3, -0.25) is 18.9 Å². The Balaban J connectivity index is 1.69. The molecule has 10 nitrogen and oxygen atoms in total. The van der Waals surface area contributed by atoms with E-state index in [9.17, 15) is 22.8 Å². The summed E-state index contributed by atoms with van der Waals surface area (Å²) in [6.45, 7) is -0.223. The third-order valence-electron chi connectivity index (χ3n) is 4.30. The number of esters is 1. The molecule has 30 heavy (non-hydrogen) atoms. The molecule has 2 N–H and O–H groups in total. The van der Waals surface area contributed by atoms with Crippen LogP contribution in [-0.2, 0) is 37.8 Å². The number of rotatable bonds is 7. The van der Waals surface area contributed by atoms with Crippen molar-refractivity contribution in [2.24, 2.45) is 7.05 Å². The number of benzene rings is 2. The smallest absolute Gasteiger partial charge is 0.419 e. The maximum atomic E-state index is 12.6. The van der Waals surface area contributed by atoms with Crippen molar-refractivity contribution in [1.29, 1.82) is 0 Å². The van der Waals surface area contributed by atoms with Gasteiger partial charge in [-0.05, 0) is 29.8 Å². The van der Waals surface area contributed by atoms with Gasteiger partial charge in [-0.2, -0.15) is 0 Å². The molecule has 11 heteroatoms. The number of carbonyl (C=O) groups is 2. The molecule has 0 aliphatic carbocycles. The first kappa shape index (κ1) is 21.1. The number of nitrogens with zero attached hydrogens (tertiary/aromatic N) is 1. The molecule has 0 saturated carbocycles. The van der Waals surface area contributed by atoms with Crippen LogP contribution in [0.1, 0.15) is 5.56 Å².